The van der Waals surface area contributed by atoms with Crippen LogP contribution in [0.15, 0.2) is 5.03 Å². The van der Waals surface area contributed by atoms with Gasteiger partial charge in [0.1, 0.15) is 16.7 Å². The van der Waals surface area contributed by atoms with Crippen LogP contribution in [-0.4, -0.2) is 45.7 Å². The van der Waals surface area contributed by atoms with Gasteiger partial charge in [0.05, 0.1) is 12.7 Å². The fraction of sp³-hybridized carbons (Fsp3) is 0.667. The molecule has 0 saturated heterocycles. The molecule has 0 bridgehead atoms. The Morgan fingerprint density at radius 3 is 2.67 bits per heavy atom. The molecular formula is C12H21N3O2S. The minimum absolute atomic E-state index is 0.224. The Morgan fingerprint density at radius 2 is 2.11 bits per heavy atom. The highest BCUT2D eigenvalue weighted by molar-refractivity contribution is 7.99. The van der Waals surface area contributed by atoms with Crippen molar-refractivity contribution in [3.63, 3.8) is 0 Å². The summed E-state index contributed by atoms with van der Waals surface area (Å²) < 4.78 is 0. The van der Waals surface area contributed by atoms with Gasteiger partial charge in [-0.05, 0) is 13.3 Å². The Bertz CT molecular complexity index is 388. The van der Waals surface area contributed by atoms with E-state index < -0.39 is 6.10 Å². The first-order chi connectivity index (χ1) is 8.62. The number of nitrogens with one attached hydrogen (secondary N) is 1. The van der Waals surface area contributed by atoms with Crippen LogP contribution >= 0.6 is 11.8 Å². The average molecular weight is 271 g/mol. The van der Waals surface area contributed by atoms with Crippen molar-refractivity contribution >= 4 is 17.6 Å². The molecule has 0 fully saturated rings. The number of thioether (sulfide) groups is 1. The highest BCUT2D eigenvalue weighted by Gasteiger charge is 2.12. The van der Waals surface area contributed by atoms with Gasteiger partial charge in [0.15, 0.2) is 0 Å². The van der Waals surface area contributed by atoms with E-state index in [2.05, 4.69) is 22.2 Å². The summed E-state index contributed by atoms with van der Waals surface area (Å²) in [4.78, 5) is 8.94. The number of hydrogen-bond donors (Lipinski definition) is 3. The van der Waals surface area contributed by atoms with Crippen molar-refractivity contribution in [1.29, 1.82) is 0 Å². The average Bonchev–Trinajstić information content (AvgIpc) is 2.38. The van der Waals surface area contributed by atoms with E-state index >= 15 is 0 Å². The molecule has 0 radical (unpaired) electrons. The number of nitrogens with zero attached hydrogens (tertiary/aromatic N) is 2. The first-order valence-corrected chi connectivity index (χ1v) is 7.07. The molecule has 1 rings (SSSR count). The Morgan fingerprint density at radius 1 is 1.39 bits per heavy atom. The molecule has 0 saturated carbocycles. The van der Waals surface area contributed by atoms with Crippen molar-refractivity contribution in [2.24, 2.45) is 0 Å². The van der Waals surface area contributed by atoms with Gasteiger partial charge in [0.2, 0.25) is 0 Å². The van der Waals surface area contributed by atoms with E-state index in [0.717, 1.165) is 35.1 Å². The second kappa shape index (κ2) is 7.56. The standard InChI is InChI=1S/C12H21N3O2S/c1-4-5-10-14-11(13-3)8(2)12(15-10)18-7-9(17)6-16/h9,16-17H,4-7H2,1-3H3,(H,13,14,15). The summed E-state index contributed by atoms with van der Waals surface area (Å²) in [6.07, 6.45) is 1.12. The molecule has 6 heteroatoms. The summed E-state index contributed by atoms with van der Waals surface area (Å²) in [6.45, 7) is 3.82. The molecule has 1 atom stereocenters. The van der Waals surface area contributed by atoms with Crippen molar-refractivity contribution in [3.05, 3.63) is 11.4 Å². The zero-order chi connectivity index (χ0) is 13.5. The first kappa shape index (κ1) is 15.2. The topological polar surface area (TPSA) is 78.3 Å². The van der Waals surface area contributed by atoms with Crippen LogP contribution in [0.5, 0.6) is 0 Å². The summed E-state index contributed by atoms with van der Waals surface area (Å²) in [7, 11) is 1.84. The van der Waals surface area contributed by atoms with E-state index in [1.54, 1.807) is 0 Å². The van der Waals surface area contributed by atoms with Crippen LogP contribution in [0.25, 0.3) is 0 Å². The van der Waals surface area contributed by atoms with Gasteiger partial charge in [0, 0.05) is 24.8 Å². The zero-order valence-electron chi connectivity index (χ0n) is 11.1. The van der Waals surface area contributed by atoms with Gasteiger partial charge in [0.25, 0.3) is 0 Å². The second-order valence-electron chi connectivity index (χ2n) is 4.07. The van der Waals surface area contributed by atoms with Gasteiger partial charge in [-0.15, -0.1) is 11.8 Å². The van der Waals surface area contributed by atoms with E-state index in [4.69, 9.17) is 5.11 Å². The third kappa shape index (κ3) is 4.12. The van der Waals surface area contributed by atoms with Crippen molar-refractivity contribution in [3.8, 4) is 0 Å². The second-order valence-corrected chi connectivity index (χ2v) is 5.07. The van der Waals surface area contributed by atoms with Gasteiger partial charge in [-0.3, -0.25) is 0 Å². The van der Waals surface area contributed by atoms with Crippen LogP contribution in [0.2, 0.25) is 0 Å². The Labute approximate surface area is 112 Å². The van der Waals surface area contributed by atoms with Crippen LogP contribution in [0, 0.1) is 6.92 Å². The lowest BCUT2D eigenvalue weighted by atomic mass is 10.3. The zero-order valence-corrected chi connectivity index (χ0v) is 11.9. The van der Waals surface area contributed by atoms with Crippen molar-refractivity contribution in [1.82, 2.24) is 9.97 Å². The van der Waals surface area contributed by atoms with Gasteiger partial charge < -0.3 is 15.5 Å². The third-order valence-electron chi connectivity index (χ3n) is 2.48. The van der Waals surface area contributed by atoms with E-state index in [1.807, 2.05) is 14.0 Å². The molecule has 102 valence electrons. The molecule has 0 aliphatic carbocycles. The molecule has 3 N–H and O–H groups in total. The van der Waals surface area contributed by atoms with Crippen LogP contribution < -0.4 is 5.32 Å². The number of hydrogen-bond acceptors (Lipinski definition) is 6. The highest BCUT2D eigenvalue weighted by atomic mass is 32.2. The largest absolute Gasteiger partial charge is 0.394 e. The van der Waals surface area contributed by atoms with Gasteiger partial charge in [-0.25, -0.2) is 9.97 Å². The molecule has 1 unspecified atom stereocenters. The number of aromatic nitrogens is 2. The number of anilines is 1. The quantitative estimate of drug-likeness (QED) is 0.511. The van der Waals surface area contributed by atoms with Crippen molar-refractivity contribution in [2.45, 2.75) is 37.8 Å². The summed E-state index contributed by atoms with van der Waals surface area (Å²) in [5, 5.41) is 22.1. The van der Waals surface area contributed by atoms with Gasteiger partial charge in [-0.2, -0.15) is 0 Å². The third-order valence-corrected chi connectivity index (χ3v) is 3.70. The molecule has 0 aliphatic heterocycles. The Balaban J connectivity index is 2.90. The van der Waals surface area contributed by atoms with Crippen LogP contribution in [-0.2, 0) is 6.42 Å². The predicted octanol–water partition coefficient (Wildman–Crippen LogP) is 1.22. The lowest BCUT2D eigenvalue weighted by Crippen LogP contribution is -2.15. The normalized spacial score (nSPS) is 12.5. The number of rotatable bonds is 7. The molecule has 0 aromatic carbocycles. The highest BCUT2D eigenvalue weighted by Crippen LogP contribution is 2.25. The van der Waals surface area contributed by atoms with Gasteiger partial charge >= 0.3 is 0 Å². The minimum Gasteiger partial charge on any atom is -0.394 e. The van der Waals surface area contributed by atoms with Crippen molar-refractivity contribution in [2.75, 3.05) is 24.7 Å². The molecule has 5 nitrogen and oxygen atoms in total. The van der Waals surface area contributed by atoms with Crippen LogP contribution in [0.4, 0.5) is 5.82 Å². The summed E-state index contributed by atoms with van der Waals surface area (Å²) in [5.74, 6) is 2.08. The van der Waals surface area contributed by atoms with E-state index in [0.29, 0.717) is 5.75 Å². The summed E-state index contributed by atoms with van der Waals surface area (Å²) >= 11 is 1.45. The van der Waals surface area contributed by atoms with E-state index in [9.17, 15) is 5.11 Å². The summed E-state index contributed by atoms with van der Waals surface area (Å²) in [6, 6.07) is 0. The SMILES string of the molecule is CCCc1nc(NC)c(C)c(SCC(O)CO)n1. The lowest BCUT2D eigenvalue weighted by Gasteiger charge is -2.12. The van der Waals surface area contributed by atoms with E-state index in [1.165, 1.54) is 11.8 Å². The molecule has 1 aromatic heterocycles. The maximum atomic E-state index is 9.38. The van der Waals surface area contributed by atoms with Gasteiger partial charge in [-0.1, -0.05) is 6.92 Å². The molecule has 1 heterocycles. The maximum absolute atomic E-state index is 9.38. The summed E-state index contributed by atoms with van der Waals surface area (Å²) in [5.41, 5.74) is 0.979. The molecular weight excluding hydrogens is 250 g/mol. The predicted molar refractivity (Wildman–Crippen MR) is 74.1 cm³/mol. The number of aliphatic hydroxyl groups excluding tert-OH is 2. The molecule has 1 aromatic rings. The fourth-order valence-electron chi connectivity index (χ4n) is 1.49. The van der Waals surface area contributed by atoms with Crippen LogP contribution in [0.3, 0.4) is 0 Å². The number of aryl methyl sites for hydroxylation is 1. The smallest absolute Gasteiger partial charge is 0.133 e. The Hall–Kier alpha value is -0.850. The first-order valence-electron chi connectivity index (χ1n) is 6.09. The minimum atomic E-state index is -0.711. The number of aliphatic hydroxyl groups is 2. The Kier molecular flexibility index (Phi) is 6.38. The maximum Gasteiger partial charge on any atom is 0.133 e. The van der Waals surface area contributed by atoms with E-state index in [-0.39, 0.29) is 6.61 Å². The lowest BCUT2D eigenvalue weighted by molar-refractivity contribution is 0.113. The van der Waals surface area contributed by atoms with Crippen LogP contribution in [0.1, 0.15) is 24.7 Å². The monoisotopic (exact) mass is 271 g/mol. The van der Waals surface area contributed by atoms with Crippen molar-refractivity contribution < 1.29 is 10.2 Å². The molecule has 0 aliphatic rings. The molecule has 18 heavy (non-hydrogen) atoms. The fourth-order valence-corrected chi connectivity index (χ4v) is 2.43. The molecule has 0 amide bonds. The molecule has 0 spiro atoms.